The SMILES string of the molecule is O=C(c1ccc(F)c(F)c1)N1CCC2(C1)C(=O)Nc1ccccc12. The van der Waals surface area contributed by atoms with Crippen molar-refractivity contribution in [2.45, 2.75) is 11.8 Å². The second kappa shape index (κ2) is 5.12. The summed E-state index contributed by atoms with van der Waals surface area (Å²) in [6.07, 6.45) is 0.505. The van der Waals surface area contributed by atoms with E-state index in [0.717, 1.165) is 23.4 Å². The summed E-state index contributed by atoms with van der Waals surface area (Å²) in [5.74, 6) is -2.57. The number of carbonyl (C=O) groups is 2. The van der Waals surface area contributed by atoms with Crippen LogP contribution in [0.3, 0.4) is 0 Å². The number of likely N-dealkylation sites (tertiary alicyclic amines) is 1. The van der Waals surface area contributed by atoms with Gasteiger partial charge in [0.05, 0.1) is 5.41 Å². The molecule has 1 atom stereocenters. The van der Waals surface area contributed by atoms with Crippen LogP contribution < -0.4 is 5.32 Å². The molecule has 0 aromatic heterocycles. The summed E-state index contributed by atoms with van der Waals surface area (Å²) in [5, 5.41) is 2.86. The van der Waals surface area contributed by atoms with Gasteiger partial charge in [0.1, 0.15) is 0 Å². The van der Waals surface area contributed by atoms with Gasteiger partial charge in [-0.15, -0.1) is 0 Å². The second-order valence-electron chi connectivity index (χ2n) is 6.19. The smallest absolute Gasteiger partial charge is 0.254 e. The summed E-state index contributed by atoms with van der Waals surface area (Å²) < 4.78 is 26.4. The Kier molecular flexibility index (Phi) is 3.16. The van der Waals surface area contributed by atoms with Crippen LogP contribution in [0, 0.1) is 11.6 Å². The first-order valence-electron chi connectivity index (χ1n) is 7.66. The zero-order valence-electron chi connectivity index (χ0n) is 12.7. The van der Waals surface area contributed by atoms with Crippen molar-refractivity contribution in [3.63, 3.8) is 0 Å². The minimum Gasteiger partial charge on any atom is -0.337 e. The Morgan fingerprint density at radius 3 is 2.71 bits per heavy atom. The number of carbonyl (C=O) groups excluding carboxylic acids is 2. The molecule has 1 saturated heterocycles. The van der Waals surface area contributed by atoms with E-state index in [1.807, 2.05) is 24.3 Å². The number of fused-ring (bicyclic) bond motifs is 2. The van der Waals surface area contributed by atoms with E-state index in [9.17, 15) is 18.4 Å². The molecule has 2 amide bonds. The maximum absolute atomic E-state index is 13.4. The van der Waals surface area contributed by atoms with Crippen molar-refractivity contribution >= 4 is 17.5 Å². The maximum Gasteiger partial charge on any atom is 0.254 e. The van der Waals surface area contributed by atoms with Gasteiger partial charge >= 0.3 is 0 Å². The lowest BCUT2D eigenvalue weighted by Gasteiger charge is -2.22. The first-order chi connectivity index (χ1) is 11.5. The molecule has 1 spiro atoms. The molecular formula is C18H14F2N2O2. The minimum atomic E-state index is -1.06. The van der Waals surface area contributed by atoms with Crippen molar-refractivity contribution in [2.24, 2.45) is 0 Å². The van der Waals surface area contributed by atoms with Crippen LogP contribution in [-0.4, -0.2) is 29.8 Å². The molecular weight excluding hydrogens is 314 g/mol. The third-order valence-corrected chi connectivity index (χ3v) is 4.85. The summed E-state index contributed by atoms with van der Waals surface area (Å²) >= 11 is 0. The average Bonchev–Trinajstić information content (AvgIpc) is 3.14. The Morgan fingerprint density at radius 1 is 1.12 bits per heavy atom. The van der Waals surface area contributed by atoms with Crippen LogP contribution in [0.1, 0.15) is 22.3 Å². The highest BCUT2D eigenvalue weighted by Gasteiger charge is 2.51. The molecule has 0 radical (unpaired) electrons. The molecule has 0 aliphatic carbocycles. The fraction of sp³-hybridized carbons (Fsp3) is 0.222. The minimum absolute atomic E-state index is 0.0811. The van der Waals surface area contributed by atoms with E-state index in [-0.39, 0.29) is 18.0 Å². The molecule has 122 valence electrons. The van der Waals surface area contributed by atoms with Crippen molar-refractivity contribution in [1.29, 1.82) is 0 Å². The molecule has 1 unspecified atom stereocenters. The van der Waals surface area contributed by atoms with E-state index >= 15 is 0 Å². The molecule has 2 aliphatic rings. The lowest BCUT2D eigenvalue weighted by molar-refractivity contribution is -0.120. The highest BCUT2D eigenvalue weighted by molar-refractivity contribution is 6.07. The van der Waals surface area contributed by atoms with Crippen molar-refractivity contribution in [3.05, 3.63) is 65.2 Å². The van der Waals surface area contributed by atoms with Crippen LogP contribution in [-0.2, 0) is 10.2 Å². The van der Waals surface area contributed by atoms with Gasteiger partial charge in [-0.25, -0.2) is 8.78 Å². The number of anilines is 1. The molecule has 1 N–H and O–H groups in total. The second-order valence-corrected chi connectivity index (χ2v) is 6.19. The molecule has 4 nitrogen and oxygen atoms in total. The number of hydrogen-bond acceptors (Lipinski definition) is 2. The Morgan fingerprint density at radius 2 is 1.92 bits per heavy atom. The topological polar surface area (TPSA) is 49.4 Å². The summed E-state index contributed by atoms with van der Waals surface area (Å²) in [6.45, 7) is 0.618. The normalized spacial score (nSPS) is 21.9. The number of para-hydroxylation sites is 1. The molecule has 24 heavy (non-hydrogen) atoms. The fourth-order valence-corrected chi connectivity index (χ4v) is 3.57. The molecule has 2 aromatic rings. The van der Waals surface area contributed by atoms with Crippen LogP contribution >= 0.6 is 0 Å². The lowest BCUT2D eigenvalue weighted by Crippen LogP contribution is -2.39. The summed E-state index contributed by atoms with van der Waals surface area (Å²) in [4.78, 5) is 26.6. The largest absolute Gasteiger partial charge is 0.337 e. The number of halogens is 2. The monoisotopic (exact) mass is 328 g/mol. The fourth-order valence-electron chi connectivity index (χ4n) is 3.57. The first-order valence-corrected chi connectivity index (χ1v) is 7.66. The van der Waals surface area contributed by atoms with Gasteiger partial charge in [0.15, 0.2) is 11.6 Å². The summed E-state index contributed by atoms with van der Waals surface area (Å²) in [7, 11) is 0. The number of rotatable bonds is 1. The molecule has 2 heterocycles. The summed E-state index contributed by atoms with van der Waals surface area (Å²) in [6, 6.07) is 10.5. The molecule has 2 aromatic carbocycles. The van der Waals surface area contributed by atoms with E-state index in [0.29, 0.717) is 13.0 Å². The van der Waals surface area contributed by atoms with Crippen LogP contribution in [0.15, 0.2) is 42.5 Å². The molecule has 1 fully saturated rings. The number of hydrogen-bond donors (Lipinski definition) is 1. The third kappa shape index (κ3) is 2.02. The molecule has 0 saturated carbocycles. The Bertz CT molecular complexity index is 868. The van der Waals surface area contributed by atoms with E-state index in [2.05, 4.69) is 5.32 Å². The zero-order valence-corrected chi connectivity index (χ0v) is 12.7. The first kappa shape index (κ1) is 14.8. The molecule has 4 rings (SSSR count). The van der Waals surface area contributed by atoms with Crippen LogP contribution in [0.4, 0.5) is 14.5 Å². The van der Waals surface area contributed by atoms with Gasteiger partial charge in [-0.2, -0.15) is 0 Å². The van der Waals surface area contributed by atoms with Gasteiger partial charge in [-0.3, -0.25) is 9.59 Å². The maximum atomic E-state index is 13.4. The van der Waals surface area contributed by atoms with E-state index in [4.69, 9.17) is 0 Å². The Labute approximate surface area is 137 Å². The number of benzene rings is 2. The Balaban J connectivity index is 1.64. The molecule has 2 aliphatic heterocycles. The predicted molar refractivity (Wildman–Crippen MR) is 83.6 cm³/mol. The van der Waals surface area contributed by atoms with Gasteiger partial charge in [0.2, 0.25) is 5.91 Å². The highest BCUT2D eigenvalue weighted by atomic mass is 19.2. The summed E-state index contributed by atoms with van der Waals surface area (Å²) in [5.41, 5.74) is 0.975. The van der Waals surface area contributed by atoms with Gasteiger partial charge in [0, 0.05) is 24.3 Å². The van der Waals surface area contributed by atoms with E-state index in [1.54, 1.807) is 0 Å². The zero-order chi connectivity index (χ0) is 16.9. The van der Waals surface area contributed by atoms with Crippen molar-refractivity contribution in [2.75, 3.05) is 18.4 Å². The van der Waals surface area contributed by atoms with E-state index in [1.165, 1.54) is 11.0 Å². The lowest BCUT2D eigenvalue weighted by atomic mass is 9.81. The van der Waals surface area contributed by atoms with Gasteiger partial charge in [-0.1, -0.05) is 18.2 Å². The standard InChI is InChI=1S/C18H14F2N2O2/c19-13-6-5-11(9-14(13)20)16(23)22-8-7-18(10-22)12-3-1-2-4-15(12)21-17(18)24/h1-6,9H,7-8,10H2,(H,21,24). The number of amides is 2. The number of nitrogens with zero attached hydrogens (tertiary/aromatic N) is 1. The van der Waals surface area contributed by atoms with Crippen molar-refractivity contribution in [1.82, 2.24) is 4.90 Å². The third-order valence-electron chi connectivity index (χ3n) is 4.85. The van der Waals surface area contributed by atoms with Gasteiger partial charge in [0.25, 0.3) is 5.91 Å². The van der Waals surface area contributed by atoms with Crippen LogP contribution in [0.5, 0.6) is 0 Å². The predicted octanol–water partition coefficient (Wildman–Crippen LogP) is 2.70. The van der Waals surface area contributed by atoms with Crippen molar-refractivity contribution in [3.8, 4) is 0 Å². The quantitative estimate of drug-likeness (QED) is 0.875. The van der Waals surface area contributed by atoms with Gasteiger partial charge in [-0.05, 0) is 36.2 Å². The average molecular weight is 328 g/mol. The van der Waals surface area contributed by atoms with Crippen molar-refractivity contribution < 1.29 is 18.4 Å². The molecule has 0 bridgehead atoms. The molecule has 6 heteroatoms. The van der Waals surface area contributed by atoms with Crippen LogP contribution in [0.25, 0.3) is 0 Å². The van der Waals surface area contributed by atoms with Crippen LogP contribution in [0.2, 0.25) is 0 Å². The highest BCUT2D eigenvalue weighted by Crippen LogP contribution is 2.44. The number of nitrogens with one attached hydrogen (secondary N) is 1. The Hall–Kier alpha value is -2.76. The van der Waals surface area contributed by atoms with E-state index < -0.39 is 23.0 Å². The van der Waals surface area contributed by atoms with Gasteiger partial charge < -0.3 is 10.2 Å².